The molecule has 3 rings (SSSR count). The van der Waals surface area contributed by atoms with Crippen LogP contribution in [0, 0.1) is 5.41 Å². The Kier molecular flexibility index (Phi) is 4.58. The maximum Gasteiger partial charge on any atom is 0.161 e. The zero-order valence-corrected chi connectivity index (χ0v) is 14.0. The molecule has 3 heteroatoms. The first-order valence-electron chi connectivity index (χ1n) is 8.21. The summed E-state index contributed by atoms with van der Waals surface area (Å²) in [7, 11) is 0. The van der Waals surface area contributed by atoms with Crippen LogP contribution >= 0.6 is 11.8 Å². The third-order valence-corrected chi connectivity index (χ3v) is 6.05. The summed E-state index contributed by atoms with van der Waals surface area (Å²) < 4.78 is 0. The minimum absolute atomic E-state index is 0.508. The van der Waals surface area contributed by atoms with Gasteiger partial charge in [-0.25, -0.2) is 0 Å². The van der Waals surface area contributed by atoms with E-state index in [9.17, 15) is 0 Å². The molecule has 114 valence electrons. The molecule has 1 aromatic carbocycles. The van der Waals surface area contributed by atoms with Crippen molar-refractivity contribution in [2.24, 2.45) is 10.4 Å². The predicted octanol–water partition coefficient (Wildman–Crippen LogP) is 5.28. The average Bonchev–Trinajstić information content (AvgIpc) is 2.51. The van der Waals surface area contributed by atoms with E-state index in [1.807, 2.05) is 11.8 Å². The number of amidine groups is 1. The molecule has 2 aliphatic rings. The van der Waals surface area contributed by atoms with Crippen LogP contribution in [0.3, 0.4) is 0 Å². The van der Waals surface area contributed by atoms with E-state index in [4.69, 9.17) is 4.99 Å². The number of nitrogens with zero attached hydrogens (tertiary/aromatic N) is 1. The molecule has 1 aromatic rings. The van der Waals surface area contributed by atoms with E-state index in [1.54, 1.807) is 0 Å². The number of hydrogen-bond donors (Lipinski definition) is 1. The molecule has 2 nitrogen and oxygen atoms in total. The van der Waals surface area contributed by atoms with Crippen LogP contribution < -0.4 is 5.32 Å². The zero-order chi connectivity index (χ0) is 14.7. The maximum atomic E-state index is 4.84. The van der Waals surface area contributed by atoms with Crippen LogP contribution in [0.15, 0.2) is 29.3 Å². The van der Waals surface area contributed by atoms with E-state index in [0.29, 0.717) is 11.3 Å². The number of anilines is 1. The number of benzene rings is 1. The highest BCUT2D eigenvalue weighted by molar-refractivity contribution is 8.14. The van der Waals surface area contributed by atoms with Gasteiger partial charge in [-0.15, -0.1) is 0 Å². The highest BCUT2D eigenvalue weighted by atomic mass is 32.2. The van der Waals surface area contributed by atoms with Gasteiger partial charge in [0.05, 0.1) is 0 Å². The van der Waals surface area contributed by atoms with E-state index < -0.39 is 0 Å². The highest BCUT2D eigenvalue weighted by Gasteiger charge is 2.34. The normalized spacial score (nSPS) is 21.4. The molecule has 0 atom stereocenters. The largest absolute Gasteiger partial charge is 0.335 e. The molecule has 0 radical (unpaired) electrons. The van der Waals surface area contributed by atoms with Crippen molar-refractivity contribution in [3.63, 3.8) is 0 Å². The van der Waals surface area contributed by atoms with Gasteiger partial charge >= 0.3 is 0 Å². The summed E-state index contributed by atoms with van der Waals surface area (Å²) in [5, 5.41) is 4.61. The van der Waals surface area contributed by atoms with Crippen molar-refractivity contribution >= 4 is 22.6 Å². The molecule has 1 heterocycles. The maximum absolute atomic E-state index is 4.84. The van der Waals surface area contributed by atoms with Crippen molar-refractivity contribution < 1.29 is 0 Å². The summed E-state index contributed by atoms with van der Waals surface area (Å²) in [6.45, 7) is 5.49. The Hall–Kier alpha value is -0.960. The Morgan fingerprint density at radius 3 is 2.67 bits per heavy atom. The second kappa shape index (κ2) is 6.43. The van der Waals surface area contributed by atoms with Crippen LogP contribution in [-0.2, 0) is 0 Å². The predicted molar refractivity (Wildman–Crippen MR) is 94.4 cm³/mol. The van der Waals surface area contributed by atoms with Crippen molar-refractivity contribution in [3.05, 3.63) is 29.8 Å². The molecule has 0 amide bonds. The van der Waals surface area contributed by atoms with Gasteiger partial charge < -0.3 is 5.32 Å². The van der Waals surface area contributed by atoms with Gasteiger partial charge in [0.25, 0.3) is 0 Å². The lowest BCUT2D eigenvalue weighted by Crippen LogP contribution is -2.35. The topological polar surface area (TPSA) is 24.4 Å². The second-order valence-electron chi connectivity index (χ2n) is 6.88. The zero-order valence-electron chi connectivity index (χ0n) is 13.2. The Labute approximate surface area is 132 Å². The SMILES string of the molecule is CC(C)c1cccc(NC2=NCC3(CCCCC3)CS2)c1. The molecule has 1 saturated carbocycles. The van der Waals surface area contributed by atoms with Crippen molar-refractivity contribution in [2.75, 3.05) is 17.6 Å². The molecule has 0 unspecified atom stereocenters. The van der Waals surface area contributed by atoms with E-state index in [0.717, 1.165) is 11.7 Å². The molecular weight excluding hydrogens is 276 g/mol. The van der Waals surface area contributed by atoms with Crippen LogP contribution in [0.4, 0.5) is 5.69 Å². The van der Waals surface area contributed by atoms with Crippen LogP contribution in [0.2, 0.25) is 0 Å². The van der Waals surface area contributed by atoms with Gasteiger partial charge in [-0.1, -0.05) is 57.0 Å². The second-order valence-corrected chi connectivity index (χ2v) is 7.84. The van der Waals surface area contributed by atoms with Crippen molar-refractivity contribution in [2.45, 2.75) is 51.9 Å². The first-order chi connectivity index (χ1) is 10.2. The van der Waals surface area contributed by atoms with Crippen molar-refractivity contribution in [3.8, 4) is 0 Å². The van der Waals surface area contributed by atoms with Crippen molar-refractivity contribution in [1.82, 2.24) is 0 Å². The van der Waals surface area contributed by atoms with Gasteiger partial charge in [0.2, 0.25) is 0 Å². The molecule has 0 saturated heterocycles. The van der Waals surface area contributed by atoms with Crippen molar-refractivity contribution in [1.29, 1.82) is 0 Å². The Balaban J connectivity index is 1.65. The van der Waals surface area contributed by atoms with E-state index >= 15 is 0 Å². The summed E-state index contributed by atoms with van der Waals surface area (Å²) in [6, 6.07) is 8.72. The number of nitrogens with one attached hydrogen (secondary N) is 1. The summed E-state index contributed by atoms with van der Waals surface area (Å²) >= 11 is 1.92. The molecule has 1 aliphatic heterocycles. The summed E-state index contributed by atoms with van der Waals surface area (Å²) in [4.78, 5) is 4.84. The average molecular weight is 302 g/mol. The molecule has 0 bridgehead atoms. The number of thioether (sulfide) groups is 1. The fourth-order valence-electron chi connectivity index (χ4n) is 3.33. The summed E-state index contributed by atoms with van der Waals surface area (Å²) in [6.07, 6.45) is 6.97. The van der Waals surface area contributed by atoms with Crippen LogP contribution in [-0.4, -0.2) is 17.5 Å². The molecule has 1 aliphatic carbocycles. The van der Waals surface area contributed by atoms with Crippen LogP contribution in [0.25, 0.3) is 0 Å². The molecular formula is C18H26N2S. The first kappa shape index (κ1) is 15.0. The Morgan fingerprint density at radius 1 is 1.19 bits per heavy atom. The molecule has 1 fully saturated rings. The number of rotatable bonds is 2. The summed E-state index contributed by atoms with van der Waals surface area (Å²) in [5.74, 6) is 1.81. The van der Waals surface area contributed by atoms with Gasteiger partial charge in [0.15, 0.2) is 5.17 Å². The Morgan fingerprint density at radius 2 is 2.00 bits per heavy atom. The quantitative estimate of drug-likeness (QED) is 0.804. The molecule has 0 aromatic heterocycles. The van der Waals surface area contributed by atoms with Gasteiger partial charge in [-0.2, -0.15) is 0 Å². The standard InChI is InChI=1S/C18H26N2S/c1-14(2)15-7-6-8-16(11-15)20-17-19-12-18(13-21-17)9-4-3-5-10-18/h6-8,11,14H,3-5,9-10,12-13H2,1-2H3,(H,19,20). The molecule has 21 heavy (non-hydrogen) atoms. The minimum atomic E-state index is 0.508. The monoisotopic (exact) mass is 302 g/mol. The van der Waals surface area contributed by atoms with Gasteiger partial charge in [-0.3, -0.25) is 4.99 Å². The van der Waals surface area contributed by atoms with E-state index in [1.165, 1.54) is 49.1 Å². The number of hydrogen-bond acceptors (Lipinski definition) is 3. The lowest BCUT2D eigenvalue weighted by Gasteiger charge is -2.38. The third kappa shape index (κ3) is 3.63. The number of aliphatic imine (C=N–C) groups is 1. The lowest BCUT2D eigenvalue weighted by molar-refractivity contribution is 0.232. The fraction of sp³-hybridized carbons (Fsp3) is 0.611. The smallest absolute Gasteiger partial charge is 0.161 e. The van der Waals surface area contributed by atoms with Gasteiger partial charge in [0, 0.05) is 18.0 Å². The third-order valence-electron chi connectivity index (χ3n) is 4.79. The lowest BCUT2D eigenvalue weighted by atomic mass is 9.75. The van der Waals surface area contributed by atoms with E-state index in [2.05, 4.69) is 43.4 Å². The van der Waals surface area contributed by atoms with Gasteiger partial charge in [-0.05, 0) is 41.9 Å². The minimum Gasteiger partial charge on any atom is -0.335 e. The van der Waals surface area contributed by atoms with Gasteiger partial charge in [0.1, 0.15) is 0 Å². The van der Waals surface area contributed by atoms with Crippen LogP contribution in [0.1, 0.15) is 57.4 Å². The Bertz CT molecular complexity index is 516. The summed E-state index contributed by atoms with van der Waals surface area (Å²) in [5.41, 5.74) is 3.06. The molecule has 1 spiro atoms. The fourth-order valence-corrected chi connectivity index (χ4v) is 4.50. The molecule has 1 N–H and O–H groups in total. The highest BCUT2D eigenvalue weighted by Crippen LogP contribution is 2.42. The van der Waals surface area contributed by atoms with E-state index in [-0.39, 0.29) is 0 Å². The first-order valence-corrected chi connectivity index (χ1v) is 9.20. The van der Waals surface area contributed by atoms with Crippen LogP contribution in [0.5, 0.6) is 0 Å².